The third-order valence-corrected chi connectivity index (χ3v) is 3.36. The number of hydrogen-bond acceptors (Lipinski definition) is 2. The third kappa shape index (κ3) is 4.40. The van der Waals surface area contributed by atoms with Crippen LogP contribution in [0.3, 0.4) is 0 Å². The highest BCUT2D eigenvalue weighted by Crippen LogP contribution is 2.13. The van der Waals surface area contributed by atoms with Gasteiger partial charge in [-0.1, -0.05) is 44.2 Å². The molecular weight excluding hydrogens is 250 g/mol. The number of amides is 1. The van der Waals surface area contributed by atoms with E-state index in [0.717, 1.165) is 13.0 Å². The zero-order chi connectivity index (χ0) is 15.0. The second kappa shape index (κ2) is 8.39. The number of carbonyl (C=O) groups is 1. The van der Waals surface area contributed by atoms with E-state index in [1.807, 2.05) is 30.0 Å². The fourth-order valence-electron chi connectivity index (χ4n) is 1.94. The highest BCUT2D eigenvalue weighted by molar-refractivity contribution is 5.96. The summed E-state index contributed by atoms with van der Waals surface area (Å²) >= 11 is 0. The minimum Gasteiger partial charge on any atom is -0.384 e. The standard InChI is InChI=1S/C17H23NO2/c1-4-14(3)13-18(5-2)17(20)16-11-7-6-9-15(16)10-8-12-19/h6-7,9,11,14,19H,4-5,12-13H2,1-3H3. The molecule has 1 N–H and O–H groups in total. The molecule has 0 saturated heterocycles. The summed E-state index contributed by atoms with van der Waals surface area (Å²) < 4.78 is 0. The van der Waals surface area contributed by atoms with Gasteiger partial charge in [-0.3, -0.25) is 4.79 Å². The molecule has 3 heteroatoms. The lowest BCUT2D eigenvalue weighted by molar-refractivity contribution is 0.0740. The van der Waals surface area contributed by atoms with Crippen LogP contribution >= 0.6 is 0 Å². The Hall–Kier alpha value is -1.79. The molecule has 0 aliphatic rings. The second-order valence-electron chi connectivity index (χ2n) is 4.86. The van der Waals surface area contributed by atoms with E-state index in [1.165, 1.54) is 0 Å². The van der Waals surface area contributed by atoms with Crippen LogP contribution < -0.4 is 0 Å². The number of carbonyl (C=O) groups excluding carboxylic acids is 1. The van der Waals surface area contributed by atoms with Gasteiger partial charge in [-0.15, -0.1) is 0 Å². The molecule has 0 bridgehead atoms. The van der Waals surface area contributed by atoms with E-state index in [-0.39, 0.29) is 12.5 Å². The monoisotopic (exact) mass is 273 g/mol. The van der Waals surface area contributed by atoms with Gasteiger partial charge >= 0.3 is 0 Å². The molecule has 0 radical (unpaired) electrons. The van der Waals surface area contributed by atoms with Gasteiger partial charge in [-0.25, -0.2) is 0 Å². The summed E-state index contributed by atoms with van der Waals surface area (Å²) in [5, 5.41) is 8.79. The fraction of sp³-hybridized carbons (Fsp3) is 0.471. The first kappa shape index (κ1) is 16.3. The highest BCUT2D eigenvalue weighted by Gasteiger charge is 2.18. The Morgan fingerprint density at radius 2 is 2.05 bits per heavy atom. The van der Waals surface area contributed by atoms with Crippen molar-refractivity contribution in [1.29, 1.82) is 0 Å². The summed E-state index contributed by atoms with van der Waals surface area (Å²) in [4.78, 5) is 14.5. The lowest BCUT2D eigenvalue weighted by Crippen LogP contribution is -2.34. The van der Waals surface area contributed by atoms with Gasteiger partial charge in [-0.2, -0.15) is 0 Å². The van der Waals surface area contributed by atoms with Crippen molar-refractivity contribution in [1.82, 2.24) is 4.90 Å². The number of aliphatic hydroxyl groups is 1. The molecule has 1 rings (SSSR count). The number of hydrogen-bond donors (Lipinski definition) is 1. The van der Waals surface area contributed by atoms with E-state index in [4.69, 9.17) is 5.11 Å². The molecule has 0 heterocycles. The zero-order valence-electron chi connectivity index (χ0n) is 12.5. The molecular formula is C17H23NO2. The molecule has 0 aromatic heterocycles. The second-order valence-corrected chi connectivity index (χ2v) is 4.86. The van der Waals surface area contributed by atoms with E-state index in [9.17, 15) is 4.79 Å². The molecule has 0 fully saturated rings. The first-order valence-corrected chi connectivity index (χ1v) is 7.12. The number of benzene rings is 1. The summed E-state index contributed by atoms with van der Waals surface area (Å²) in [6.07, 6.45) is 1.05. The van der Waals surface area contributed by atoms with Crippen LogP contribution in [0.25, 0.3) is 0 Å². The van der Waals surface area contributed by atoms with Crippen molar-refractivity contribution in [3.8, 4) is 11.8 Å². The van der Waals surface area contributed by atoms with Gasteiger partial charge in [0.25, 0.3) is 5.91 Å². The SMILES string of the molecule is CCC(C)CN(CC)C(=O)c1ccccc1C#CCO. The van der Waals surface area contributed by atoms with Crippen LogP contribution in [0.15, 0.2) is 24.3 Å². The van der Waals surface area contributed by atoms with Crippen LogP contribution in [-0.4, -0.2) is 35.6 Å². The normalized spacial score (nSPS) is 11.4. The van der Waals surface area contributed by atoms with Crippen LogP contribution in [0.4, 0.5) is 0 Å². The molecule has 3 nitrogen and oxygen atoms in total. The maximum Gasteiger partial charge on any atom is 0.255 e. The molecule has 1 aromatic rings. The Balaban J connectivity index is 3.00. The maximum atomic E-state index is 12.6. The zero-order valence-corrected chi connectivity index (χ0v) is 12.5. The molecule has 1 amide bonds. The smallest absolute Gasteiger partial charge is 0.255 e. The first-order valence-electron chi connectivity index (χ1n) is 7.12. The van der Waals surface area contributed by atoms with E-state index in [2.05, 4.69) is 25.7 Å². The van der Waals surface area contributed by atoms with Crippen molar-refractivity contribution < 1.29 is 9.90 Å². The summed E-state index contributed by atoms with van der Waals surface area (Å²) in [5.41, 5.74) is 1.28. The van der Waals surface area contributed by atoms with E-state index in [1.54, 1.807) is 6.07 Å². The number of nitrogens with zero attached hydrogens (tertiary/aromatic N) is 1. The minimum atomic E-state index is -0.202. The Labute approximate surface area is 121 Å². The molecule has 0 aliphatic heterocycles. The van der Waals surface area contributed by atoms with Gasteiger partial charge in [0.05, 0.1) is 5.56 Å². The Kier molecular flexibility index (Phi) is 6.83. The van der Waals surface area contributed by atoms with Crippen LogP contribution in [0.1, 0.15) is 43.1 Å². The lowest BCUT2D eigenvalue weighted by Gasteiger charge is -2.24. The van der Waals surface area contributed by atoms with Gasteiger partial charge in [0.15, 0.2) is 0 Å². The van der Waals surface area contributed by atoms with Crippen molar-refractivity contribution >= 4 is 5.91 Å². The summed E-state index contributed by atoms with van der Waals surface area (Å²) in [5.74, 6) is 5.94. The van der Waals surface area contributed by atoms with Gasteiger partial charge in [0.1, 0.15) is 6.61 Å². The number of rotatable bonds is 5. The average molecular weight is 273 g/mol. The van der Waals surface area contributed by atoms with Crippen LogP contribution in [-0.2, 0) is 0 Å². The summed E-state index contributed by atoms with van der Waals surface area (Å²) in [6, 6.07) is 7.30. The minimum absolute atomic E-state index is 0.00985. The molecule has 0 saturated carbocycles. The van der Waals surface area contributed by atoms with Gasteiger partial charge in [-0.05, 0) is 25.0 Å². The summed E-state index contributed by atoms with van der Waals surface area (Å²) in [7, 11) is 0. The predicted octanol–water partition coefficient (Wildman–Crippen LogP) is 2.54. The first-order chi connectivity index (χ1) is 9.63. The van der Waals surface area contributed by atoms with E-state index >= 15 is 0 Å². The number of aliphatic hydroxyl groups excluding tert-OH is 1. The van der Waals surface area contributed by atoms with Crippen molar-refractivity contribution in [2.24, 2.45) is 5.92 Å². The molecule has 0 spiro atoms. The summed E-state index contributed by atoms with van der Waals surface area (Å²) in [6.45, 7) is 7.50. The molecule has 1 aromatic carbocycles. The Bertz CT molecular complexity index is 499. The van der Waals surface area contributed by atoms with Gasteiger partial charge < -0.3 is 10.0 Å². The molecule has 20 heavy (non-hydrogen) atoms. The molecule has 108 valence electrons. The van der Waals surface area contributed by atoms with Gasteiger partial charge in [0, 0.05) is 18.7 Å². The topological polar surface area (TPSA) is 40.5 Å². The highest BCUT2D eigenvalue weighted by atomic mass is 16.2. The molecule has 0 aliphatic carbocycles. The fourth-order valence-corrected chi connectivity index (χ4v) is 1.94. The molecule has 1 unspecified atom stereocenters. The van der Waals surface area contributed by atoms with Crippen molar-refractivity contribution in [3.05, 3.63) is 35.4 Å². The van der Waals surface area contributed by atoms with Crippen LogP contribution in [0, 0.1) is 17.8 Å². The van der Waals surface area contributed by atoms with Crippen molar-refractivity contribution in [3.63, 3.8) is 0 Å². The Morgan fingerprint density at radius 3 is 2.65 bits per heavy atom. The van der Waals surface area contributed by atoms with Crippen LogP contribution in [0.2, 0.25) is 0 Å². The molecule has 1 atom stereocenters. The van der Waals surface area contributed by atoms with Crippen LogP contribution in [0.5, 0.6) is 0 Å². The van der Waals surface area contributed by atoms with Crippen molar-refractivity contribution in [2.45, 2.75) is 27.2 Å². The average Bonchev–Trinajstić information content (AvgIpc) is 2.49. The quantitative estimate of drug-likeness (QED) is 0.838. The third-order valence-electron chi connectivity index (χ3n) is 3.36. The predicted molar refractivity (Wildman–Crippen MR) is 81.4 cm³/mol. The van der Waals surface area contributed by atoms with E-state index in [0.29, 0.717) is 23.6 Å². The lowest BCUT2D eigenvalue weighted by atomic mass is 10.0. The van der Waals surface area contributed by atoms with Gasteiger partial charge in [0.2, 0.25) is 0 Å². The van der Waals surface area contributed by atoms with E-state index < -0.39 is 0 Å². The van der Waals surface area contributed by atoms with Crippen molar-refractivity contribution in [2.75, 3.05) is 19.7 Å². The largest absolute Gasteiger partial charge is 0.384 e. The maximum absolute atomic E-state index is 12.6. The Morgan fingerprint density at radius 1 is 1.35 bits per heavy atom.